The summed E-state index contributed by atoms with van der Waals surface area (Å²) in [6.07, 6.45) is 0. The number of ether oxygens (including phenoxy) is 3. The number of urea groups is 1. The molecule has 2 aliphatic rings. The molecule has 8 heteroatoms. The van der Waals surface area contributed by atoms with Crippen molar-refractivity contribution in [1.82, 2.24) is 10.6 Å². The highest BCUT2D eigenvalue weighted by molar-refractivity contribution is 5.95. The molecule has 0 unspecified atom stereocenters. The van der Waals surface area contributed by atoms with Crippen LogP contribution in [-0.2, 0) is 14.3 Å². The van der Waals surface area contributed by atoms with E-state index in [0.717, 1.165) is 18.7 Å². The van der Waals surface area contributed by atoms with Crippen LogP contribution in [0.15, 0.2) is 35.5 Å². The Kier molecular flexibility index (Phi) is 5.75. The van der Waals surface area contributed by atoms with Crippen molar-refractivity contribution in [3.63, 3.8) is 0 Å². The van der Waals surface area contributed by atoms with Crippen molar-refractivity contribution in [2.75, 3.05) is 47.1 Å². The lowest BCUT2D eigenvalue weighted by Gasteiger charge is -2.31. The summed E-state index contributed by atoms with van der Waals surface area (Å²) >= 11 is 0. The van der Waals surface area contributed by atoms with Crippen LogP contribution in [0.4, 0.5) is 4.79 Å². The maximum Gasteiger partial charge on any atom is 0.338 e. The topological polar surface area (TPSA) is 90.3 Å². The number of nitrogens with one attached hydrogen (secondary N) is 3. The summed E-state index contributed by atoms with van der Waals surface area (Å²) in [5.41, 5.74) is 1.81. The molecule has 2 amide bonds. The van der Waals surface area contributed by atoms with Gasteiger partial charge in [-0.1, -0.05) is 12.1 Å². The Morgan fingerprint density at radius 3 is 2.54 bits per heavy atom. The third-order valence-electron chi connectivity index (χ3n) is 4.63. The summed E-state index contributed by atoms with van der Waals surface area (Å²) in [6.45, 7) is 3.53. The molecule has 1 fully saturated rings. The number of hydrogen-bond donors (Lipinski definition) is 3. The van der Waals surface area contributed by atoms with Crippen molar-refractivity contribution in [2.45, 2.75) is 6.04 Å². The fraction of sp³-hybridized carbons (Fsp3) is 0.444. The van der Waals surface area contributed by atoms with Gasteiger partial charge >= 0.3 is 12.0 Å². The molecule has 2 aliphatic heterocycles. The van der Waals surface area contributed by atoms with Crippen LogP contribution in [0, 0.1) is 0 Å². The molecule has 26 heavy (non-hydrogen) atoms. The molecule has 0 spiro atoms. The highest BCUT2D eigenvalue weighted by Crippen LogP contribution is 2.28. The van der Waals surface area contributed by atoms with Crippen molar-refractivity contribution in [1.29, 1.82) is 0 Å². The van der Waals surface area contributed by atoms with Gasteiger partial charge in [0.25, 0.3) is 0 Å². The number of rotatable bonds is 5. The van der Waals surface area contributed by atoms with Gasteiger partial charge in [0.2, 0.25) is 0 Å². The standard InChI is InChI=1S/C18H23N3O5/c1-24-13-5-3-12(4-6-13)16-15(17(22)25-2)14(19-18(23)20-16)11-21-7-9-26-10-8-21/h3-6,16H,7-11H2,1-2H3,(H2,19,20,23)/p+1/t16-/m1/s1. The predicted molar refractivity (Wildman–Crippen MR) is 92.8 cm³/mol. The lowest BCUT2D eigenvalue weighted by molar-refractivity contribution is -0.903. The summed E-state index contributed by atoms with van der Waals surface area (Å²) in [4.78, 5) is 26.0. The van der Waals surface area contributed by atoms with Crippen LogP contribution in [0.3, 0.4) is 0 Å². The van der Waals surface area contributed by atoms with Gasteiger partial charge in [-0.2, -0.15) is 0 Å². The van der Waals surface area contributed by atoms with Crippen LogP contribution in [0.25, 0.3) is 0 Å². The Balaban J connectivity index is 1.95. The van der Waals surface area contributed by atoms with E-state index in [0.29, 0.717) is 36.8 Å². The number of methoxy groups -OCH3 is 2. The zero-order valence-corrected chi connectivity index (χ0v) is 15.0. The Labute approximate surface area is 152 Å². The molecule has 1 atom stereocenters. The molecule has 8 nitrogen and oxygen atoms in total. The lowest BCUT2D eigenvalue weighted by Crippen LogP contribution is -3.14. The summed E-state index contributed by atoms with van der Waals surface area (Å²) < 4.78 is 15.5. The van der Waals surface area contributed by atoms with Crippen LogP contribution in [0.2, 0.25) is 0 Å². The van der Waals surface area contributed by atoms with Gasteiger partial charge in [-0.15, -0.1) is 0 Å². The van der Waals surface area contributed by atoms with Crippen molar-refractivity contribution in [2.24, 2.45) is 0 Å². The van der Waals surface area contributed by atoms with E-state index in [2.05, 4.69) is 10.6 Å². The van der Waals surface area contributed by atoms with Gasteiger partial charge in [0, 0.05) is 0 Å². The second kappa shape index (κ2) is 8.20. The summed E-state index contributed by atoms with van der Waals surface area (Å²) in [7, 11) is 2.93. The fourth-order valence-electron chi connectivity index (χ4n) is 3.24. The Hall–Kier alpha value is -2.58. The van der Waals surface area contributed by atoms with Gasteiger partial charge in [-0.3, -0.25) is 0 Å². The third kappa shape index (κ3) is 3.97. The van der Waals surface area contributed by atoms with E-state index < -0.39 is 12.0 Å². The Morgan fingerprint density at radius 2 is 1.92 bits per heavy atom. The zero-order chi connectivity index (χ0) is 18.5. The minimum Gasteiger partial charge on any atom is -0.497 e. The number of morpholine rings is 1. The van der Waals surface area contributed by atoms with E-state index in [1.807, 2.05) is 12.1 Å². The number of benzene rings is 1. The van der Waals surface area contributed by atoms with Crippen molar-refractivity contribution in [3.8, 4) is 5.75 Å². The monoisotopic (exact) mass is 362 g/mol. The van der Waals surface area contributed by atoms with Crippen molar-refractivity contribution < 1.29 is 28.7 Å². The van der Waals surface area contributed by atoms with E-state index >= 15 is 0 Å². The number of hydrogen-bond acceptors (Lipinski definition) is 5. The van der Waals surface area contributed by atoms with E-state index in [-0.39, 0.29) is 6.03 Å². The molecule has 0 aromatic heterocycles. The third-order valence-corrected chi connectivity index (χ3v) is 4.63. The van der Waals surface area contributed by atoms with Gasteiger partial charge in [0.15, 0.2) is 0 Å². The van der Waals surface area contributed by atoms with Crippen LogP contribution in [0.5, 0.6) is 5.75 Å². The van der Waals surface area contributed by atoms with Crippen molar-refractivity contribution >= 4 is 12.0 Å². The average Bonchev–Trinajstić information content (AvgIpc) is 2.68. The highest BCUT2D eigenvalue weighted by atomic mass is 16.5. The van der Waals surface area contributed by atoms with Crippen LogP contribution in [-0.4, -0.2) is 59.1 Å². The molecule has 0 aliphatic carbocycles. The molecule has 2 heterocycles. The normalized spacial score (nSPS) is 21.0. The van der Waals surface area contributed by atoms with E-state index in [9.17, 15) is 9.59 Å². The smallest absolute Gasteiger partial charge is 0.338 e. The van der Waals surface area contributed by atoms with Gasteiger partial charge < -0.3 is 29.7 Å². The number of carbonyl (C=O) groups is 2. The van der Waals surface area contributed by atoms with Crippen LogP contribution >= 0.6 is 0 Å². The highest BCUT2D eigenvalue weighted by Gasteiger charge is 2.35. The molecule has 1 saturated heterocycles. The molecule has 0 radical (unpaired) electrons. The van der Waals surface area contributed by atoms with Crippen LogP contribution in [0.1, 0.15) is 11.6 Å². The van der Waals surface area contributed by atoms with E-state index in [1.165, 1.54) is 12.0 Å². The number of esters is 1. The Bertz CT molecular complexity index is 695. The van der Waals surface area contributed by atoms with Crippen molar-refractivity contribution in [3.05, 3.63) is 41.1 Å². The number of carbonyl (C=O) groups excluding carboxylic acids is 2. The maximum atomic E-state index is 12.5. The summed E-state index contributed by atoms with van der Waals surface area (Å²) in [5, 5.41) is 5.61. The molecule has 140 valence electrons. The molecule has 0 bridgehead atoms. The first-order chi connectivity index (χ1) is 12.6. The van der Waals surface area contributed by atoms with Gasteiger partial charge in [0.05, 0.1) is 44.7 Å². The number of amides is 2. The second-order valence-electron chi connectivity index (χ2n) is 6.23. The first-order valence-electron chi connectivity index (χ1n) is 8.56. The minimum atomic E-state index is -0.572. The minimum absolute atomic E-state index is 0.332. The zero-order valence-electron chi connectivity index (χ0n) is 15.0. The summed E-state index contributed by atoms with van der Waals surface area (Å²) in [5.74, 6) is 0.247. The molecule has 1 aromatic carbocycles. The molecular weight excluding hydrogens is 338 g/mol. The first-order valence-corrected chi connectivity index (χ1v) is 8.56. The Morgan fingerprint density at radius 1 is 1.23 bits per heavy atom. The second-order valence-corrected chi connectivity index (χ2v) is 6.23. The SMILES string of the molecule is COC(=O)C1=C(C[NH+]2CCOCC2)NC(=O)N[C@@H]1c1ccc(OC)cc1. The first kappa shape index (κ1) is 18.2. The fourth-order valence-corrected chi connectivity index (χ4v) is 3.24. The average molecular weight is 362 g/mol. The van der Waals surface area contributed by atoms with Crippen LogP contribution < -0.4 is 20.3 Å². The molecular formula is C18H24N3O5+. The number of quaternary nitrogens is 1. The van der Waals surface area contributed by atoms with Gasteiger partial charge in [0.1, 0.15) is 25.4 Å². The molecule has 0 saturated carbocycles. The quantitative estimate of drug-likeness (QED) is 0.608. The lowest BCUT2D eigenvalue weighted by atomic mass is 9.95. The maximum absolute atomic E-state index is 12.5. The molecule has 3 rings (SSSR count). The van der Waals surface area contributed by atoms with Gasteiger partial charge in [-0.25, -0.2) is 9.59 Å². The molecule has 3 N–H and O–H groups in total. The van der Waals surface area contributed by atoms with Gasteiger partial charge in [-0.05, 0) is 17.7 Å². The van der Waals surface area contributed by atoms with E-state index in [4.69, 9.17) is 14.2 Å². The largest absolute Gasteiger partial charge is 0.497 e. The summed E-state index contributed by atoms with van der Waals surface area (Å²) in [6, 6.07) is 6.35. The van der Waals surface area contributed by atoms with E-state index in [1.54, 1.807) is 19.2 Å². The predicted octanol–water partition coefficient (Wildman–Crippen LogP) is -0.609. The molecule has 1 aromatic rings.